The SMILES string of the molecule is [C-]#[N+]c1ccc(COc2ccc(I)cc2)cc1. The topological polar surface area (TPSA) is 13.6 Å². The van der Waals surface area contributed by atoms with Crippen LogP contribution in [0.4, 0.5) is 5.69 Å². The summed E-state index contributed by atoms with van der Waals surface area (Å²) in [6.07, 6.45) is 0. The first-order chi connectivity index (χ1) is 8.28. The second kappa shape index (κ2) is 5.69. The lowest BCUT2D eigenvalue weighted by Gasteiger charge is -2.06. The molecule has 0 heterocycles. The predicted octanol–water partition coefficient (Wildman–Crippen LogP) is 4.42. The van der Waals surface area contributed by atoms with Crippen molar-refractivity contribution in [2.45, 2.75) is 6.61 Å². The van der Waals surface area contributed by atoms with Crippen LogP contribution in [0.25, 0.3) is 4.85 Å². The van der Waals surface area contributed by atoms with E-state index in [2.05, 4.69) is 27.4 Å². The highest BCUT2D eigenvalue weighted by molar-refractivity contribution is 14.1. The van der Waals surface area contributed by atoms with Crippen LogP contribution in [0.5, 0.6) is 5.75 Å². The quantitative estimate of drug-likeness (QED) is 0.598. The first-order valence-corrected chi connectivity index (χ1v) is 6.20. The molecule has 0 fully saturated rings. The van der Waals surface area contributed by atoms with Crippen LogP contribution in [0.3, 0.4) is 0 Å². The van der Waals surface area contributed by atoms with Gasteiger partial charge in [0.1, 0.15) is 12.4 Å². The van der Waals surface area contributed by atoms with Crippen LogP contribution in [-0.2, 0) is 6.61 Å². The summed E-state index contributed by atoms with van der Waals surface area (Å²) >= 11 is 2.26. The van der Waals surface area contributed by atoms with Crippen LogP contribution in [0.2, 0.25) is 0 Å². The Hall–Kier alpha value is -1.54. The Bertz CT molecular complexity index is 526. The molecule has 0 radical (unpaired) electrons. The Morgan fingerprint density at radius 1 is 1.00 bits per heavy atom. The number of halogens is 1. The highest BCUT2D eigenvalue weighted by atomic mass is 127. The minimum absolute atomic E-state index is 0.527. The van der Waals surface area contributed by atoms with E-state index in [9.17, 15) is 0 Å². The van der Waals surface area contributed by atoms with Crippen molar-refractivity contribution < 1.29 is 4.74 Å². The van der Waals surface area contributed by atoms with Gasteiger partial charge in [-0.3, -0.25) is 0 Å². The maximum absolute atomic E-state index is 6.86. The third kappa shape index (κ3) is 3.46. The third-order valence-electron chi connectivity index (χ3n) is 2.28. The molecule has 0 atom stereocenters. The maximum atomic E-state index is 6.86. The Balaban J connectivity index is 1.98. The standard InChI is InChI=1S/C14H10INO/c1-16-13-6-2-11(3-7-13)10-17-14-8-4-12(15)5-9-14/h2-9H,10H2. The van der Waals surface area contributed by atoms with Gasteiger partial charge in [-0.15, -0.1) is 0 Å². The van der Waals surface area contributed by atoms with Gasteiger partial charge in [0.15, 0.2) is 5.69 Å². The first-order valence-electron chi connectivity index (χ1n) is 5.13. The number of ether oxygens (including phenoxy) is 1. The van der Waals surface area contributed by atoms with Crippen LogP contribution in [0.1, 0.15) is 5.56 Å². The Kier molecular flexibility index (Phi) is 3.99. The molecular weight excluding hydrogens is 325 g/mol. The van der Waals surface area contributed by atoms with Crippen molar-refractivity contribution in [3.8, 4) is 5.75 Å². The summed E-state index contributed by atoms with van der Waals surface area (Å²) in [6.45, 7) is 7.39. The van der Waals surface area contributed by atoms with E-state index in [1.807, 2.05) is 36.4 Å². The van der Waals surface area contributed by atoms with Gasteiger partial charge in [0.25, 0.3) is 0 Å². The van der Waals surface area contributed by atoms with Gasteiger partial charge in [0, 0.05) is 3.57 Å². The summed E-state index contributed by atoms with van der Waals surface area (Å²) in [6, 6.07) is 15.4. The summed E-state index contributed by atoms with van der Waals surface area (Å²) in [4.78, 5) is 3.35. The normalized spacial score (nSPS) is 9.65. The molecule has 2 nitrogen and oxygen atoms in total. The van der Waals surface area contributed by atoms with Crippen LogP contribution in [0, 0.1) is 10.1 Å². The van der Waals surface area contributed by atoms with Crippen molar-refractivity contribution in [1.82, 2.24) is 0 Å². The Morgan fingerprint density at radius 2 is 1.65 bits per heavy atom. The van der Waals surface area contributed by atoms with Crippen molar-refractivity contribution in [2.75, 3.05) is 0 Å². The minimum atomic E-state index is 0.527. The molecule has 2 rings (SSSR count). The van der Waals surface area contributed by atoms with Crippen molar-refractivity contribution in [1.29, 1.82) is 0 Å². The van der Waals surface area contributed by atoms with E-state index >= 15 is 0 Å². The molecule has 0 aliphatic rings. The number of benzene rings is 2. The smallest absolute Gasteiger partial charge is 0.187 e. The monoisotopic (exact) mass is 335 g/mol. The Morgan fingerprint density at radius 3 is 2.24 bits per heavy atom. The van der Waals surface area contributed by atoms with Gasteiger partial charge < -0.3 is 4.74 Å². The average Bonchev–Trinajstić information content (AvgIpc) is 2.39. The molecule has 2 aromatic rings. The van der Waals surface area contributed by atoms with Crippen molar-refractivity contribution in [3.05, 3.63) is 69.1 Å². The lowest BCUT2D eigenvalue weighted by Crippen LogP contribution is -1.94. The van der Waals surface area contributed by atoms with Crippen LogP contribution in [0.15, 0.2) is 48.5 Å². The summed E-state index contributed by atoms with van der Waals surface area (Å²) < 4.78 is 6.83. The predicted molar refractivity (Wildman–Crippen MR) is 76.2 cm³/mol. The lowest BCUT2D eigenvalue weighted by atomic mass is 10.2. The average molecular weight is 335 g/mol. The van der Waals surface area contributed by atoms with Gasteiger partial charge in [-0.05, 0) is 52.4 Å². The second-order valence-corrected chi connectivity index (χ2v) is 4.77. The number of nitrogens with zero attached hydrogens (tertiary/aromatic N) is 1. The molecule has 0 N–H and O–H groups in total. The van der Waals surface area contributed by atoms with Crippen LogP contribution in [-0.4, -0.2) is 0 Å². The van der Waals surface area contributed by atoms with Crippen molar-refractivity contribution in [3.63, 3.8) is 0 Å². The highest BCUT2D eigenvalue weighted by Gasteiger charge is 1.96. The molecule has 0 aliphatic heterocycles. The van der Waals surface area contributed by atoms with E-state index in [1.54, 1.807) is 12.1 Å². The molecule has 0 amide bonds. The number of hydrogen-bond acceptors (Lipinski definition) is 1. The van der Waals surface area contributed by atoms with E-state index in [0.717, 1.165) is 11.3 Å². The second-order valence-electron chi connectivity index (χ2n) is 3.52. The lowest BCUT2D eigenvalue weighted by molar-refractivity contribution is 0.306. The van der Waals surface area contributed by atoms with E-state index in [0.29, 0.717) is 12.3 Å². The zero-order valence-corrected chi connectivity index (χ0v) is 11.2. The molecule has 17 heavy (non-hydrogen) atoms. The summed E-state index contributed by atoms with van der Waals surface area (Å²) in [5.74, 6) is 0.861. The van der Waals surface area contributed by atoms with Gasteiger partial charge in [-0.2, -0.15) is 0 Å². The molecule has 0 saturated heterocycles. The van der Waals surface area contributed by atoms with E-state index in [1.165, 1.54) is 3.57 Å². The van der Waals surface area contributed by atoms with Gasteiger partial charge in [0.2, 0.25) is 0 Å². The summed E-state index contributed by atoms with van der Waals surface area (Å²) in [5.41, 5.74) is 1.72. The third-order valence-corrected chi connectivity index (χ3v) is 3.00. The fraction of sp³-hybridized carbons (Fsp3) is 0.0714. The molecular formula is C14H10INO. The van der Waals surface area contributed by atoms with Gasteiger partial charge in [-0.25, -0.2) is 4.85 Å². The molecule has 0 unspecified atom stereocenters. The fourth-order valence-corrected chi connectivity index (χ4v) is 1.72. The maximum Gasteiger partial charge on any atom is 0.187 e. The molecule has 0 saturated carbocycles. The van der Waals surface area contributed by atoms with E-state index < -0.39 is 0 Å². The fourth-order valence-electron chi connectivity index (χ4n) is 1.36. The van der Waals surface area contributed by atoms with E-state index in [4.69, 9.17) is 11.3 Å². The molecule has 0 spiro atoms. The highest BCUT2D eigenvalue weighted by Crippen LogP contribution is 2.17. The largest absolute Gasteiger partial charge is 0.489 e. The zero-order valence-electron chi connectivity index (χ0n) is 9.06. The van der Waals surface area contributed by atoms with Crippen molar-refractivity contribution >= 4 is 28.3 Å². The van der Waals surface area contributed by atoms with Crippen LogP contribution < -0.4 is 4.74 Å². The summed E-state index contributed by atoms with van der Waals surface area (Å²) in [7, 11) is 0. The van der Waals surface area contributed by atoms with Gasteiger partial charge in [0.05, 0.1) is 6.57 Å². The molecule has 0 aliphatic carbocycles. The molecule has 0 bridgehead atoms. The summed E-state index contributed by atoms with van der Waals surface area (Å²) in [5, 5.41) is 0. The number of hydrogen-bond donors (Lipinski definition) is 0. The Labute approximate surface area is 114 Å². The van der Waals surface area contributed by atoms with Crippen LogP contribution >= 0.6 is 22.6 Å². The minimum Gasteiger partial charge on any atom is -0.489 e. The molecule has 3 heteroatoms. The number of rotatable bonds is 3. The first kappa shape index (κ1) is 11.9. The van der Waals surface area contributed by atoms with E-state index in [-0.39, 0.29) is 0 Å². The molecule has 84 valence electrons. The van der Waals surface area contributed by atoms with Gasteiger partial charge in [-0.1, -0.05) is 24.3 Å². The molecule has 2 aromatic carbocycles. The zero-order chi connectivity index (χ0) is 12.1. The molecule has 0 aromatic heterocycles. The van der Waals surface area contributed by atoms with Crippen molar-refractivity contribution in [2.24, 2.45) is 0 Å². The van der Waals surface area contributed by atoms with Gasteiger partial charge >= 0.3 is 0 Å².